The topological polar surface area (TPSA) is 87.7 Å². The zero-order chi connectivity index (χ0) is 31.8. The molecule has 2 unspecified atom stereocenters. The summed E-state index contributed by atoms with van der Waals surface area (Å²) in [6, 6.07) is 14.1. The molecule has 238 valence electrons. The Balaban J connectivity index is 2.48. The summed E-state index contributed by atoms with van der Waals surface area (Å²) >= 11 is 1.61. The van der Waals surface area contributed by atoms with Crippen molar-refractivity contribution in [3.05, 3.63) is 70.8 Å². The van der Waals surface area contributed by atoms with Gasteiger partial charge in [-0.25, -0.2) is 4.79 Å². The van der Waals surface area contributed by atoms with Crippen molar-refractivity contribution in [2.45, 2.75) is 111 Å². The van der Waals surface area contributed by atoms with Crippen LogP contribution in [0.1, 0.15) is 101 Å². The molecule has 0 aliphatic heterocycles. The van der Waals surface area contributed by atoms with Crippen LogP contribution in [0.15, 0.2) is 48.5 Å². The molecular formula is C35H53N3O4S. The van der Waals surface area contributed by atoms with Crippen LogP contribution in [-0.2, 0) is 20.9 Å². The highest BCUT2D eigenvalue weighted by atomic mass is 32.2. The van der Waals surface area contributed by atoms with Gasteiger partial charge in [0.15, 0.2) is 0 Å². The Bertz CT molecular complexity index is 1130. The Hall–Kier alpha value is -3.00. The van der Waals surface area contributed by atoms with Crippen molar-refractivity contribution in [1.29, 1.82) is 0 Å². The number of aryl methyl sites for hydroxylation is 2. The first-order chi connectivity index (χ1) is 20.4. The molecule has 0 spiro atoms. The fraction of sp³-hybridized carbons (Fsp3) is 0.571. The van der Waals surface area contributed by atoms with Gasteiger partial charge in [0, 0.05) is 13.1 Å². The molecule has 7 nitrogen and oxygen atoms in total. The molecule has 0 bridgehead atoms. The Morgan fingerprint density at radius 3 is 2.16 bits per heavy atom. The third-order valence-corrected chi connectivity index (χ3v) is 7.71. The van der Waals surface area contributed by atoms with Crippen molar-refractivity contribution in [3.8, 4) is 0 Å². The molecule has 8 heteroatoms. The summed E-state index contributed by atoms with van der Waals surface area (Å²) in [5, 5.41) is 5.93. The summed E-state index contributed by atoms with van der Waals surface area (Å²) in [5.41, 5.74) is 3.09. The van der Waals surface area contributed by atoms with Gasteiger partial charge in [-0.05, 0) is 70.6 Å². The Morgan fingerprint density at radius 2 is 1.56 bits per heavy atom. The Labute approximate surface area is 263 Å². The third-order valence-electron chi connectivity index (χ3n) is 7.06. The first-order valence-corrected chi connectivity index (χ1v) is 17.0. The predicted molar refractivity (Wildman–Crippen MR) is 178 cm³/mol. The average molecular weight is 612 g/mol. The van der Waals surface area contributed by atoms with Crippen LogP contribution in [0.2, 0.25) is 0 Å². The van der Waals surface area contributed by atoms with Crippen LogP contribution in [0, 0.1) is 13.8 Å². The molecule has 43 heavy (non-hydrogen) atoms. The molecule has 3 amide bonds. The number of carbonyl (C=O) groups excluding carboxylic acids is 3. The molecule has 0 radical (unpaired) electrons. The molecule has 0 aromatic heterocycles. The van der Waals surface area contributed by atoms with Crippen molar-refractivity contribution in [1.82, 2.24) is 15.5 Å². The van der Waals surface area contributed by atoms with E-state index in [4.69, 9.17) is 4.74 Å². The first kappa shape index (κ1) is 36.2. The smallest absolute Gasteiger partial charge is 0.408 e. The molecule has 2 aromatic carbocycles. The van der Waals surface area contributed by atoms with Crippen LogP contribution in [0.3, 0.4) is 0 Å². The van der Waals surface area contributed by atoms with E-state index in [9.17, 15) is 14.4 Å². The van der Waals surface area contributed by atoms with Crippen LogP contribution in [0.5, 0.6) is 0 Å². The van der Waals surface area contributed by atoms with Gasteiger partial charge >= 0.3 is 6.09 Å². The Morgan fingerprint density at radius 1 is 0.930 bits per heavy atom. The normalized spacial score (nSPS) is 12.7. The van der Waals surface area contributed by atoms with Crippen LogP contribution in [0.25, 0.3) is 0 Å². The molecule has 0 heterocycles. The van der Waals surface area contributed by atoms with Crippen molar-refractivity contribution in [2.75, 3.05) is 18.6 Å². The summed E-state index contributed by atoms with van der Waals surface area (Å²) in [5.74, 6) is 0.160. The van der Waals surface area contributed by atoms with Gasteiger partial charge in [0.1, 0.15) is 17.7 Å². The molecular weight excluding hydrogens is 558 g/mol. The van der Waals surface area contributed by atoms with Gasteiger partial charge in [-0.3, -0.25) is 9.59 Å². The van der Waals surface area contributed by atoms with Crippen LogP contribution in [-0.4, -0.2) is 53.0 Å². The lowest BCUT2D eigenvalue weighted by Crippen LogP contribution is -2.53. The van der Waals surface area contributed by atoms with Gasteiger partial charge in [-0.15, -0.1) is 0 Å². The summed E-state index contributed by atoms with van der Waals surface area (Å²) in [6.45, 7) is 12.3. The van der Waals surface area contributed by atoms with Crippen molar-refractivity contribution in [2.24, 2.45) is 0 Å². The number of ether oxygens (including phenoxy) is 1. The fourth-order valence-corrected chi connectivity index (χ4v) is 5.57. The maximum absolute atomic E-state index is 14.4. The second kappa shape index (κ2) is 18.6. The number of rotatable bonds is 17. The quantitative estimate of drug-likeness (QED) is 0.181. The fourth-order valence-electron chi connectivity index (χ4n) is 5.09. The van der Waals surface area contributed by atoms with Crippen molar-refractivity contribution in [3.63, 3.8) is 0 Å². The number of benzene rings is 2. The highest BCUT2D eigenvalue weighted by Crippen LogP contribution is 2.27. The van der Waals surface area contributed by atoms with Crippen molar-refractivity contribution >= 4 is 29.7 Å². The number of unbranched alkanes of at least 4 members (excludes halogenated alkanes) is 5. The minimum atomic E-state index is -0.845. The number of carbonyl (C=O) groups is 3. The molecule has 2 atom stereocenters. The molecule has 2 aromatic rings. The molecule has 0 aliphatic carbocycles. The van der Waals surface area contributed by atoms with E-state index in [-0.39, 0.29) is 11.8 Å². The van der Waals surface area contributed by atoms with Gasteiger partial charge in [0.2, 0.25) is 11.8 Å². The molecule has 0 fully saturated rings. The maximum atomic E-state index is 14.4. The zero-order valence-electron chi connectivity index (χ0n) is 27.3. The van der Waals surface area contributed by atoms with Crippen LogP contribution < -0.4 is 10.6 Å². The second-order valence-corrected chi connectivity index (χ2v) is 13.3. The average Bonchev–Trinajstić information content (AvgIpc) is 2.94. The minimum Gasteiger partial charge on any atom is -0.444 e. The lowest BCUT2D eigenvalue weighted by atomic mass is 9.97. The van der Waals surface area contributed by atoms with Crippen LogP contribution >= 0.6 is 11.8 Å². The SMILES string of the molecule is CCCCCCCCN(C(=O)C(CCSC)NC(=O)OC(C)(C)C)C(C(=O)NCc1ccccc1)c1cc(C)cc(C)c1. The standard InChI is InChI=1S/C35H53N3O4S/c1-8-9-10-11-12-16-20-38(33(40)30(19-21-43-7)37-34(41)42-35(4,5)6)31(29-23-26(2)22-27(3)24-29)32(39)36-25-28-17-14-13-15-18-28/h13-15,17-18,22-24,30-31H,8-12,16,19-21,25H2,1-7H3,(H,36,39)(H,37,41). The van der Waals surface area contributed by atoms with E-state index >= 15 is 0 Å². The number of alkyl carbamates (subject to hydrolysis) is 1. The number of thioether (sulfide) groups is 1. The first-order valence-electron chi connectivity index (χ1n) is 15.6. The molecule has 2 N–H and O–H groups in total. The van der Waals surface area contributed by atoms with Crippen molar-refractivity contribution < 1.29 is 19.1 Å². The zero-order valence-corrected chi connectivity index (χ0v) is 28.1. The van der Waals surface area contributed by atoms with E-state index in [0.717, 1.165) is 54.4 Å². The predicted octanol–water partition coefficient (Wildman–Crippen LogP) is 7.50. The maximum Gasteiger partial charge on any atom is 0.408 e. The number of nitrogens with zero attached hydrogens (tertiary/aromatic N) is 1. The molecule has 0 saturated carbocycles. The highest BCUT2D eigenvalue weighted by Gasteiger charge is 2.36. The molecule has 0 saturated heterocycles. The van der Waals surface area contributed by atoms with Crippen LogP contribution in [0.4, 0.5) is 4.79 Å². The summed E-state index contributed by atoms with van der Waals surface area (Å²) in [7, 11) is 0. The third kappa shape index (κ3) is 13.5. The minimum absolute atomic E-state index is 0.242. The van der Waals surface area contributed by atoms with E-state index in [1.165, 1.54) is 6.42 Å². The van der Waals surface area contributed by atoms with E-state index in [1.54, 1.807) is 37.4 Å². The molecule has 0 aliphatic rings. The lowest BCUT2D eigenvalue weighted by Gasteiger charge is -2.35. The number of amides is 3. The summed E-state index contributed by atoms with van der Waals surface area (Å²) < 4.78 is 5.52. The van der Waals surface area contributed by atoms with E-state index in [2.05, 4.69) is 23.6 Å². The summed E-state index contributed by atoms with van der Waals surface area (Å²) in [4.78, 5) is 43.1. The largest absolute Gasteiger partial charge is 0.444 e. The monoisotopic (exact) mass is 611 g/mol. The van der Waals surface area contributed by atoms with E-state index < -0.39 is 23.8 Å². The lowest BCUT2D eigenvalue weighted by molar-refractivity contribution is -0.142. The van der Waals surface area contributed by atoms with Gasteiger partial charge in [-0.2, -0.15) is 11.8 Å². The Kier molecular flexibility index (Phi) is 15.7. The van der Waals surface area contributed by atoms with E-state index in [1.807, 2.05) is 62.6 Å². The summed E-state index contributed by atoms with van der Waals surface area (Å²) in [6.07, 6.45) is 8.07. The van der Waals surface area contributed by atoms with Gasteiger partial charge in [0.25, 0.3) is 0 Å². The number of nitrogens with one attached hydrogen (secondary N) is 2. The number of hydrogen-bond donors (Lipinski definition) is 2. The molecule has 2 rings (SSSR count). The van der Waals surface area contributed by atoms with Gasteiger partial charge in [0.05, 0.1) is 0 Å². The number of hydrogen-bond acceptors (Lipinski definition) is 5. The second-order valence-electron chi connectivity index (χ2n) is 12.3. The van der Waals surface area contributed by atoms with Gasteiger partial charge < -0.3 is 20.3 Å². The van der Waals surface area contributed by atoms with Gasteiger partial charge in [-0.1, -0.05) is 98.7 Å². The van der Waals surface area contributed by atoms with E-state index in [0.29, 0.717) is 25.3 Å². The highest BCUT2D eigenvalue weighted by molar-refractivity contribution is 7.98.